The van der Waals surface area contributed by atoms with Gasteiger partial charge in [0.15, 0.2) is 5.04 Å². The number of thiophene rings is 1. The quantitative estimate of drug-likeness (QED) is 0.496. The molecule has 1 amide bonds. The van der Waals surface area contributed by atoms with Gasteiger partial charge in [-0.25, -0.2) is 10.4 Å². The second-order valence-corrected chi connectivity index (χ2v) is 8.33. The van der Waals surface area contributed by atoms with E-state index < -0.39 is 0 Å². The maximum absolute atomic E-state index is 13.0. The largest absolute Gasteiger partial charge is 0.285 e. The highest BCUT2D eigenvalue weighted by molar-refractivity contribution is 8.19. The SMILES string of the molecule is O=C1NN=C(c2ccccc2)/C1=C1/SC(C(=O)c2cccs2)=NN1c1ccccc1. The van der Waals surface area contributed by atoms with Crippen molar-refractivity contribution < 1.29 is 9.59 Å². The third kappa shape index (κ3) is 3.26. The first kappa shape index (κ1) is 18.5. The molecule has 2 aliphatic rings. The molecular formula is C22H14N4O2S2. The van der Waals surface area contributed by atoms with Crippen molar-refractivity contribution >= 4 is 51.2 Å². The van der Waals surface area contributed by atoms with E-state index in [4.69, 9.17) is 0 Å². The molecule has 1 N–H and O–H groups in total. The molecule has 3 aromatic rings. The number of nitrogens with zero attached hydrogens (tertiary/aromatic N) is 3. The maximum atomic E-state index is 13.0. The summed E-state index contributed by atoms with van der Waals surface area (Å²) in [6, 6.07) is 22.5. The fourth-order valence-electron chi connectivity index (χ4n) is 3.13. The molecule has 0 bridgehead atoms. The lowest BCUT2D eigenvalue weighted by Gasteiger charge is -2.17. The van der Waals surface area contributed by atoms with Gasteiger partial charge in [-0.2, -0.15) is 10.2 Å². The average Bonchev–Trinajstić information content (AvgIpc) is 3.54. The number of nitrogens with one attached hydrogen (secondary N) is 1. The van der Waals surface area contributed by atoms with Crippen molar-refractivity contribution in [2.45, 2.75) is 0 Å². The summed E-state index contributed by atoms with van der Waals surface area (Å²) in [7, 11) is 0. The van der Waals surface area contributed by atoms with Crippen LogP contribution in [0.15, 0.2) is 99.0 Å². The van der Waals surface area contributed by atoms with Crippen LogP contribution in [0.1, 0.15) is 15.2 Å². The number of hydrogen-bond acceptors (Lipinski definition) is 7. The van der Waals surface area contributed by atoms with Crippen molar-refractivity contribution in [1.29, 1.82) is 0 Å². The van der Waals surface area contributed by atoms with Crippen molar-refractivity contribution in [3.63, 3.8) is 0 Å². The van der Waals surface area contributed by atoms with Crippen LogP contribution in [0.25, 0.3) is 0 Å². The van der Waals surface area contributed by atoms with Gasteiger partial charge in [-0.3, -0.25) is 9.59 Å². The molecule has 3 heterocycles. The summed E-state index contributed by atoms with van der Waals surface area (Å²) in [4.78, 5) is 26.3. The predicted molar refractivity (Wildman–Crippen MR) is 121 cm³/mol. The molecule has 1 aromatic heterocycles. The minimum absolute atomic E-state index is 0.164. The van der Waals surface area contributed by atoms with Gasteiger partial charge in [-0.1, -0.05) is 54.6 Å². The van der Waals surface area contributed by atoms with Gasteiger partial charge in [0.2, 0.25) is 5.78 Å². The van der Waals surface area contributed by atoms with E-state index in [2.05, 4.69) is 15.6 Å². The molecule has 0 saturated carbocycles. The van der Waals surface area contributed by atoms with Crippen molar-refractivity contribution in [3.05, 3.63) is 99.2 Å². The Kier molecular flexibility index (Phi) is 4.78. The van der Waals surface area contributed by atoms with Gasteiger partial charge < -0.3 is 0 Å². The molecule has 0 aliphatic carbocycles. The number of rotatable bonds is 4. The average molecular weight is 431 g/mol. The summed E-state index contributed by atoms with van der Waals surface area (Å²) >= 11 is 2.56. The number of hydrazone groups is 2. The molecule has 0 unspecified atom stereocenters. The fourth-order valence-corrected chi connectivity index (χ4v) is 4.89. The normalized spacial score (nSPS) is 18.3. The second kappa shape index (κ2) is 7.74. The zero-order valence-electron chi connectivity index (χ0n) is 15.5. The molecule has 2 aromatic carbocycles. The van der Waals surface area contributed by atoms with Crippen LogP contribution in [-0.4, -0.2) is 22.4 Å². The Bertz CT molecular complexity index is 1220. The Morgan fingerprint density at radius 3 is 2.37 bits per heavy atom. The van der Waals surface area contributed by atoms with Gasteiger partial charge in [0.05, 0.1) is 10.6 Å². The van der Waals surface area contributed by atoms with Gasteiger partial charge in [0.1, 0.15) is 16.3 Å². The monoisotopic (exact) mass is 430 g/mol. The van der Waals surface area contributed by atoms with E-state index in [0.29, 0.717) is 26.2 Å². The number of hydrogen-bond donors (Lipinski definition) is 1. The molecule has 0 spiro atoms. The van der Waals surface area contributed by atoms with Gasteiger partial charge >= 0.3 is 0 Å². The zero-order valence-corrected chi connectivity index (χ0v) is 17.1. The summed E-state index contributed by atoms with van der Waals surface area (Å²) in [5, 5.41) is 13.2. The molecule has 6 nitrogen and oxygen atoms in total. The number of anilines is 1. The standard InChI is InChI=1S/C22H14N4O2S2/c27-19(16-12-7-13-29-16)21-25-26(15-10-5-2-6-11-15)22(30-21)17-18(23-24-20(17)28)14-8-3-1-4-9-14/h1-13H,(H,24,28)/b22-17-. The van der Waals surface area contributed by atoms with Crippen LogP contribution in [0.2, 0.25) is 0 Å². The lowest BCUT2D eigenvalue weighted by molar-refractivity contribution is -0.116. The zero-order chi connectivity index (χ0) is 20.5. The number of Topliss-reactive ketones (excluding diaryl/α,β-unsaturated/α-hetero) is 1. The van der Waals surface area contributed by atoms with Gasteiger partial charge in [0.25, 0.3) is 5.91 Å². The van der Waals surface area contributed by atoms with Crippen LogP contribution in [-0.2, 0) is 4.79 Å². The van der Waals surface area contributed by atoms with E-state index in [1.165, 1.54) is 23.1 Å². The van der Waals surface area contributed by atoms with Crippen molar-refractivity contribution in [2.75, 3.05) is 5.01 Å². The van der Waals surface area contributed by atoms with E-state index in [-0.39, 0.29) is 11.7 Å². The molecule has 0 saturated heterocycles. The molecule has 0 radical (unpaired) electrons. The Labute approximate surface area is 180 Å². The van der Waals surface area contributed by atoms with Crippen LogP contribution in [0.3, 0.4) is 0 Å². The number of carbonyl (C=O) groups excluding carboxylic acids is 2. The van der Waals surface area contributed by atoms with Crippen LogP contribution in [0.5, 0.6) is 0 Å². The molecular weight excluding hydrogens is 416 g/mol. The summed E-state index contributed by atoms with van der Waals surface area (Å²) in [6.07, 6.45) is 0. The first-order valence-corrected chi connectivity index (χ1v) is 10.8. The minimum Gasteiger partial charge on any atom is -0.285 e. The Balaban J connectivity index is 1.63. The summed E-state index contributed by atoms with van der Waals surface area (Å²) in [5.74, 6) is -0.486. The topological polar surface area (TPSA) is 74.1 Å². The van der Waals surface area contributed by atoms with E-state index >= 15 is 0 Å². The third-order valence-electron chi connectivity index (χ3n) is 4.51. The van der Waals surface area contributed by atoms with Gasteiger partial charge in [-0.05, 0) is 35.3 Å². The molecule has 8 heteroatoms. The van der Waals surface area contributed by atoms with Crippen molar-refractivity contribution in [3.8, 4) is 0 Å². The highest BCUT2D eigenvalue weighted by Crippen LogP contribution is 2.39. The number of benzene rings is 2. The third-order valence-corrected chi connectivity index (χ3v) is 6.41. The summed E-state index contributed by atoms with van der Waals surface area (Å²) in [5.41, 5.74) is 5.05. The minimum atomic E-state index is -0.322. The summed E-state index contributed by atoms with van der Waals surface area (Å²) < 4.78 is 0. The van der Waals surface area contributed by atoms with Crippen LogP contribution in [0.4, 0.5) is 5.69 Å². The fraction of sp³-hybridized carbons (Fsp3) is 0. The molecule has 146 valence electrons. The highest BCUT2D eigenvalue weighted by Gasteiger charge is 2.37. The van der Waals surface area contributed by atoms with E-state index in [1.807, 2.05) is 72.1 Å². The lowest BCUT2D eigenvalue weighted by atomic mass is 10.0. The molecule has 2 aliphatic heterocycles. The number of carbonyl (C=O) groups is 2. The second-order valence-electron chi connectivity index (χ2n) is 6.41. The first-order chi connectivity index (χ1) is 14.7. The summed E-state index contributed by atoms with van der Waals surface area (Å²) in [6.45, 7) is 0. The number of amides is 1. The van der Waals surface area contributed by atoms with Crippen molar-refractivity contribution in [1.82, 2.24) is 5.43 Å². The number of para-hydroxylation sites is 1. The number of thioether (sulfide) groups is 1. The Hall–Kier alpha value is -3.49. The van der Waals surface area contributed by atoms with Gasteiger partial charge in [-0.15, -0.1) is 11.3 Å². The van der Waals surface area contributed by atoms with Crippen LogP contribution < -0.4 is 10.4 Å². The predicted octanol–water partition coefficient (Wildman–Crippen LogP) is 4.24. The Morgan fingerprint density at radius 1 is 0.933 bits per heavy atom. The smallest absolute Gasteiger partial charge is 0.276 e. The van der Waals surface area contributed by atoms with Gasteiger partial charge in [0, 0.05) is 5.56 Å². The van der Waals surface area contributed by atoms with E-state index in [0.717, 1.165) is 11.3 Å². The van der Waals surface area contributed by atoms with Crippen molar-refractivity contribution in [2.24, 2.45) is 10.2 Å². The van der Waals surface area contributed by atoms with Crippen LogP contribution >= 0.6 is 23.1 Å². The van der Waals surface area contributed by atoms with E-state index in [1.54, 1.807) is 11.1 Å². The molecule has 5 rings (SSSR count). The Morgan fingerprint density at radius 2 is 1.67 bits per heavy atom. The van der Waals surface area contributed by atoms with Crippen LogP contribution in [0, 0.1) is 0 Å². The van der Waals surface area contributed by atoms with E-state index in [9.17, 15) is 9.59 Å². The highest BCUT2D eigenvalue weighted by atomic mass is 32.2. The molecule has 30 heavy (non-hydrogen) atoms. The number of ketones is 1. The maximum Gasteiger partial charge on any atom is 0.276 e. The first-order valence-electron chi connectivity index (χ1n) is 9.10. The molecule has 0 atom stereocenters. The lowest BCUT2D eigenvalue weighted by Crippen LogP contribution is -2.20. The molecule has 0 fully saturated rings.